The molecule has 1 saturated heterocycles. The van der Waals surface area contributed by atoms with Gasteiger partial charge in [-0.2, -0.15) is 0 Å². The van der Waals surface area contributed by atoms with Crippen molar-refractivity contribution >= 4 is 80.7 Å². The Hall–Kier alpha value is -3.35. The van der Waals surface area contributed by atoms with Crippen molar-refractivity contribution in [2.24, 2.45) is 0 Å². The maximum absolute atomic E-state index is 12.9. The van der Waals surface area contributed by atoms with E-state index in [9.17, 15) is 19.2 Å². The minimum Gasteiger partial charge on any atom is -0.493 e. The van der Waals surface area contributed by atoms with Crippen LogP contribution in [0, 0.1) is 3.57 Å². The van der Waals surface area contributed by atoms with Crippen molar-refractivity contribution in [2.45, 2.75) is 0 Å². The minimum absolute atomic E-state index is 0.154. The molecule has 0 atom stereocenters. The molecule has 0 unspecified atom stereocenters. The number of carbonyl (C=O) groups excluding carboxylic acids is 4. The lowest BCUT2D eigenvalue weighted by Gasteiger charge is -2.13. The van der Waals surface area contributed by atoms with Crippen LogP contribution in [-0.4, -0.2) is 41.6 Å². The topological polar surface area (TPSA) is 102 Å². The highest BCUT2D eigenvalue weighted by Gasteiger charge is 2.36. The van der Waals surface area contributed by atoms with E-state index in [0.717, 1.165) is 16.7 Å². The number of methoxy groups -OCH3 is 1. The molecule has 1 aliphatic heterocycles. The molecule has 4 rings (SSSR count). The maximum atomic E-state index is 12.9. The quantitative estimate of drug-likeness (QED) is 0.149. The molecule has 3 aromatic rings. The average Bonchev–Trinajstić information content (AvgIpc) is 3.13. The zero-order chi connectivity index (χ0) is 26.5. The molecule has 188 valence electrons. The summed E-state index contributed by atoms with van der Waals surface area (Å²) < 4.78 is 11.5. The Morgan fingerprint density at radius 1 is 1.08 bits per heavy atom. The van der Waals surface area contributed by atoms with Gasteiger partial charge in [0.1, 0.15) is 6.54 Å². The Labute approximate surface area is 235 Å². The summed E-state index contributed by atoms with van der Waals surface area (Å²) >= 11 is 8.60. The van der Waals surface area contributed by atoms with Gasteiger partial charge >= 0.3 is 5.97 Å². The Kier molecular flexibility index (Phi) is 8.52. The molecule has 3 aromatic carbocycles. The van der Waals surface area contributed by atoms with E-state index >= 15 is 0 Å². The molecule has 0 aliphatic carbocycles. The zero-order valence-corrected chi connectivity index (χ0v) is 22.9. The van der Waals surface area contributed by atoms with Crippen molar-refractivity contribution in [3.8, 4) is 11.5 Å². The van der Waals surface area contributed by atoms with Crippen LogP contribution in [0.1, 0.15) is 15.9 Å². The van der Waals surface area contributed by atoms with Crippen LogP contribution in [0.15, 0.2) is 71.6 Å². The summed E-state index contributed by atoms with van der Waals surface area (Å²) in [5, 5.41) is 2.60. The van der Waals surface area contributed by atoms with Gasteiger partial charge < -0.3 is 14.8 Å². The molecular weight excluding hydrogens is 631 g/mol. The number of nitrogens with zero attached hydrogens (tertiary/aromatic N) is 1. The molecule has 37 heavy (non-hydrogen) atoms. The van der Waals surface area contributed by atoms with Gasteiger partial charge in [-0.25, -0.2) is 4.79 Å². The second-order valence-corrected chi connectivity index (χ2v) is 10.2. The van der Waals surface area contributed by atoms with Crippen molar-refractivity contribution in [3.63, 3.8) is 0 Å². The number of para-hydroxylation sites is 1. The number of ether oxygens (including phenoxy) is 2. The number of rotatable bonds is 7. The van der Waals surface area contributed by atoms with E-state index in [1.165, 1.54) is 13.2 Å². The summed E-state index contributed by atoms with van der Waals surface area (Å²) in [6.45, 7) is -0.405. The first-order valence-electron chi connectivity index (χ1n) is 10.7. The van der Waals surface area contributed by atoms with E-state index in [0.29, 0.717) is 25.4 Å². The monoisotopic (exact) mass is 648 g/mol. The van der Waals surface area contributed by atoms with Gasteiger partial charge in [0.05, 0.1) is 21.1 Å². The van der Waals surface area contributed by atoms with Gasteiger partial charge in [0, 0.05) is 10.7 Å². The molecule has 0 radical (unpaired) electrons. The molecule has 0 aromatic heterocycles. The van der Waals surface area contributed by atoms with Crippen LogP contribution >= 0.6 is 46.0 Å². The van der Waals surface area contributed by atoms with Crippen molar-refractivity contribution in [1.82, 2.24) is 4.90 Å². The Morgan fingerprint density at radius 2 is 1.78 bits per heavy atom. The number of hydrogen-bond acceptors (Lipinski definition) is 7. The van der Waals surface area contributed by atoms with Gasteiger partial charge in [0.25, 0.3) is 11.1 Å². The highest BCUT2D eigenvalue weighted by molar-refractivity contribution is 14.1. The average molecular weight is 649 g/mol. The van der Waals surface area contributed by atoms with Gasteiger partial charge in [0.2, 0.25) is 5.91 Å². The van der Waals surface area contributed by atoms with Gasteiger partial charge in [-0.15, -0.1) is 0 Å². The number of carbonyl (C=O) groups is 4. The van der Waals surface area contributed by atoms with Crippen molar-refractivity contribution in [2.75, 3.05) is 19.0 Å². The fourth-order valence-corrected chi connectivity index (χ4v) is 5.01. The second kappa shape index (κ2) is 11.8. The number of benzene rings is 3. The zero-order valence-electron chi connectivity index (χ0n) is 19.2. The number of thioether (sulfide) groups is 1. The lowest BCUT2D eigenvalue weighted by atomic mass is 10.1. The van der Waals surface area contributed by atoms with Crippen LogP contribution in [0.5, 0.6) is 11.5 Å². The summed E-state index contributed by atoms with van der Waals surface area (Å²) in [4.78, 5) is 51.3. The van der Waals surface area contributed by atoms with Crippen LogP contribution < -0.4 is 14.8 Å². The van der Waals surface area contributed by atoms with E-state index in [2.05, 4.69) is 5.32 Å². The van der Waals surface area contributed by atoms with E-state index in [1.54, 1.807) is 60.7 Å². The smallest absolute Gasteiger partial charge is 0.343 e. The minimum atomic E-state index is -0.587. The van der Waals surface area contributed by atoms with Gasteiger partial charge in [-0.1, -0.05) is 29.8 Å². The van der Waals surface area contributed by atoms with Gasteiger partial charge in [0.15, 0.2) is 11.5 Å². The lowest BCUT2D eigenvalue weighted by molar-refractivity contribution is -0.127. The normalized spacial score (nSPS) is 14.1. The largest absolute Gasteiger partial charge is 0.493 e. The molecule has 0 bridgehead atoms. The van der Waals surface area contributed by atoms with Crippen LogP contribution in [-0.2, 0) is 9.59 Å². The number of nitrogens with one attached hydrogen (secondary N) is 1. The molecule has 0 saturated carbocycles. The fraction of sp³-hybridized carbons (Fsp3) is 0.0769. The van der Waals surface area contributed by atoms with E-state index in [1.807, 2.05) is 28.7 Å². The van der Waals surface area contributed by atoms with Crippen LogP contribution in [0.25, 0.3) is 6.08 Å². The molecule has 8 nitrogen and oxygen atoms in total. The first-order chi connectivity index (χ1) is 17.7. The number of imide groups is 1. The Balaban J connectivity index is 1.50. The van der Waals surface area contributed by atoms with Gasteiger partial charge in [-0.05, 0) is 94.5 Å². The molecular formula is C26H18ClIN2O6S. The van der Waals surface area contributed by atoms with E-state index < -0.39 is 29.6 Å². The number of esters is 1. The standard InChI is InChI=1S/C26H18ClIN2O6S/c1-35-20-12-15(11-19(28)23(20)36-25(33)16-7-9-17(27)10-8-16)13-21-24(32)30(26(34)37-21)14-22(31)29-18-5-3-2-4-6-18/h2-13H,14H2,1H3,(H,29,31)/b21-13-. The Morgan fingerprint density at radius 3 is 2.46 bits per heavy atom. The third-order valence-electron chi connectivity index (χ3n) is 5.06. The van der Waals surface area contributed by atoms with Crippen LogP contribution in [0.3, 0.4) is 0 Å². The predicted molar refractivity (Wildman–Crippen MR) is 150 cm³/mol. The first kappa shape index (κ1) is 26.7. The predicted octanol–water partition coefficient (Wildman–Crippen LogP) is 5.85. The Bertz CT molecular complexity index is 1410. The molecule has 0 spiro atoms. The lowest BCUT2D eigenvalue weighted by Crippen LogP contribution is -2.36. The fourth-order valence-electron chi connectivity index (χ4n) is 3.31. The molecule has 1 aliphatic rings. The summed E-state index contributed by atoms with van der Waals surface area (Å²) in [5.41, 5.74) is 1.43. The summed E-state index contributed by atoms with van der Waals surface area (Å²) in [6, 6.07) is 18.3. The summed E-state index contributed by atoms with van der Waals surface area (Å²) in [5.74, 6) is -1.17. The maximum Gasteiger partial charge on any atom is 0.343 e. The highest BCUT2D eigenvalue weighted by atomic mass is 127. The summed E-state index contributed by atoms with van der Waals surface area (Å²) in [6.07, 6.45) is 1.52. The third kappa shape index (κ3) is 6.51. The van der Waals surface area contributed by atoms with Crippen LogP contribution in [0.2, 0.25) is 5.02 Å². The number of hydrogen-bond donors (Lipinski definition) is 1. The molecule has 1 N–H and O–H groups in total. The third-order valence-corrected chi connectivity index (χ3v) is 7.02. The number of halogens is 2. The highest BCUT2D eigenvalue weighted by Crippen LogP contribution is 2.37. The molecule has 3 amide bonds. The SMILES string of the molecule is COc1cc(/C=C2\SC(=O)N(CC(=O)Nc3ccccc3)C2=O)cc(I)c1OC(=O)c1ccc(Cl)cc1. The molecule has 1 fully saturated rings. The summed E-state index contributed by atoms with van der Waals surface area (Å²) in [7, 11) is 1.42. The van der Waals surface area contributed by atoms with E-state index in [-0.39, 0.29) is 16.4 Å². The van der Waals surface area contributed by atoms with Crippen LogP contribution in [0.4, 0.5) is 10.5 Å². The molecule has 1 heterocycles. The van der Waals surface area contributed by atoms with Crippen molar-refractivity contribution < 1.29 is 28.7 Å². The first-order valence-corrected chi connectivity index (χ1v) is 13.0. The van der Waals surface area contributed by atoms with E-state index in [4.69, 9.17) is 21.1 Å². The van der Waals surface area contributed by atoms with Crippen molar-refractivity contribution in [1.29, 1.82) is 0 Å². The van der Waals surface area contributed by atoms with Crippen molar-refractivity contribution in [3.05, 3.63) is 91.4 Å². The number of amides is 3. The van der Waals surface area contributed by atoms with Gasteiger partial charge in [-0.3, -0.25) is 19.3 Å². The second-order valence-electron chi connectivity index (χ2n) is 7.61. The number of anilines is 1. The molecule has 11 heteroatoms.